The Kier molecular flexibility index (Phi) is 6.13. The van der Waals surface area contributed by atoms with E-state index in [1.54, 1.807) is 0 Å². The summed E-state index contributed by atoms with van der Waals surface area (Å²) in [6.45, 7) is 6.32. The van der Waals surface area contributed by atoms with Gasteiger partial charge in [0, 0.05) is 0 Å². The minimum absolute atomic E-state index is 0.169. The van der Waals surface area contributed by atoms with Gasteiger partial charge in [0.25, 0.3) is 0 Å². The van der Waals surface area contributed by atoms with Gasteiger partial charge in [-0.25, -0.2) is 0 Å². The Hall–Kier alpha value is -0.720. The van der Waals surface area contributed by atoms with Gasteiger partial charge in [-0.3, -0.25) is 0 Å². The molecule has 0 aliphatic rings. The molecule has 0 aliphatic carbocycles. The fourth-order valence-corrected chi connectivity index (χ4v) is 2.71. The topological polar surface area (TPSA) is 49.1 Å². The Morgan fingerprint density at radius 3 is 2.19 bits per heavy atom. The van der Waals surface area contributed by atoms with E-state index in [1.807, 2.05) is 26.8 Å². The van der Waals surface area contributed by atoms with Gasteiger partial charge in [-0.15, -0.1) is 13.2 Å². The maximum Gasteiger partial charge on any atom is 0.578 e. The average molecular weight is 321 g/mol. The molecule has 0 amide bonds. The molecule has 2 nitrogen and oxygen atoms in total. The van der Waals surface area contributed by atoms with Crippen LogP contribution in [0.5, 0.6) is 0 Å². The summed E-state index contributed by atoms with van der Waals surface area (Å²) in [5, 5.41) is 0. The molecule has 2 N–H and O–H groups in total. The molecular weight excluding hydrogens is 299 g/mol. The second kappa shape index (κ2) is 7.03. The van der Waals surface area contributed by atoms with Crippen LogP contribution in [0, 0.1) is 0 Å². The van der Waals surface area contributed by atoms with Crippen LogP contribution in [0.15, 0.2) is 23.1 Å². The maximum absolute atomic E-state index is 12.7. The van der Waals surface area contributed by atoms with Crippen LogP contribution < -0.4 is 5.73 Å². The first-order valence-electron chi connectivity index (χ1n) is 6.89. The quantitative estimate of drug-likeness (QED) is 0.660. The maximum atomic E-state index is 12.7. The van der Waals surface area contributed by atoms with Crippen molar-refractivity contribution >= 4 is 11.2 Å². The molecule has 1 unspecified atom stereocenters. The Morgan fingerprint density at radius 2 is 1.71 bits per heavy atom. The molecule has 0 spiro atoms. The molecule has 0 saturated heterocycles. The molecule has 1 rings (SSSR count). The molecule has 0 saturated carbocycles. The highest BCUT2D eigenvalue weighted by Crippen LogP contribution is 2.34. The highest BCUT2D eigenvalue weighted by atomic mass is 32.2. The molecule has 0 radical (unpaired) electrons. The lowest BCUT2D eigenvalue weighted by molar-refractivity contribution is -0.0435. The zero-order chi connectivity index (χ0) is 16.3. The number of nitrogens with two attached hydrogens (primary N) is 1. The molecule has 0 heterocycles. The van der Waals surface area contributed by atoms with Crippen LogP contribution in [0.2, 0.25) is 0 Å². The van der Waals surface area contributed by atoms with Gasteiger partial charge in [-0.05, 0) is 54.5 Å². The van der Waals surface area contributed by atoms with Gasteiger partial charge in [-0.2, -0.15) is 0 Å². The standard InChI is InChI=1S/C15H22F3NOS/c1-14(2,3)12-8-11(6-4-5-7-19)9-13(10-12)21(20)15(16,17)18/h8-10H,4-7,19H2,1-3H3. The van der Waals surface area contributed by atoms with E-state index < -0.39 is 16.7 Å². The Balaban J connectivity index is 3.15. The zero-order valence-corrected chi connectivity index (χ0v) is 13.4. The molecule has 0 fully saturated rings. The summed E-state index contributed by atoms with van der Waals surface area (Å²) in [6, 6.07) is 4.69. The second-order valence-corrected chi connectivity index (χ2v) is 7.55. The predicted molar refractivity (Wildman–Crippen MR) is 79.6 cm³/mol. The van der Waals surface area contributed by atoms with E-state index in [-0.39, 0.29) is 10.3 Å². The number of hydrogen-bond donors (Lipinski definition) is 1. The summed E-state index contributed by atoms with van der Waals surface area (Å²) in [5.74, 6) is 0. The van der Waals surface area contributed by atoms with Crippen molar-refractivity contribution in [1.29, 1.82) is 0 Å². The minimum atomic E-state index is -4.73. The summed E-state index contributed by atoms with van der Waals surface area (Å²) in [4.78, 5) is -0.169. The van der Waals surface area contributed by atoms with Crippen molar-refractivity contribution in [3.8, 4) is 0 Å². The van der Waals surface area contributed by atoms with E-state index in [0.717, 1.165) is 24.0 Å². The molecule has 120 valence electrons. The molecule has 1 atom stereocenters. The molecule has 21 heavy (non-hydrogen) atoms. The highest BCUT2D eigenvalue weighted by molar-refractivity contribution is 7.92. The van der Waals surface area contributed by atoms with E-state index in [1.165, 1.54) is 12.1 Å². The fraction of sp³-hybridized carbons (Fsp3) is 0.600. The minimum Gasteiger partial charge on any atom is -0.604 e. The number of halogens is 3. The smallest absolute Gasteiger partial charge is 0.578 e. The van der Waals surface area contributed by atoms with Crippen molar-refractivity contribution in [2.45, 2.75) is 55.9 Å². The number of benzene rings is 1. The SMILES string of the molecule is CC(C)(C)c1cc(CCCCN)cc([S+]([O-])C(F)(F)F)c1. The first-order chi connectivity index (χ1) is 9.55. The largest absolute Gasteiger partial charge is 0.604 e. The molecule has 6 heteroatoms. The summed E-state index contributed by atoms with van der Waals surface area (Å²) >= 11 is -2.99. The van der Waals surface area contributed by atoms with Crippen LogP contribution in [-0.2, 0) is 23.0 Å². The van der Waals surface area contributed by atoms with Crippen LogP contribution in [0.1, 0.15) is 44.7 Å². The number of unbranched alkanes of at least 4 members (excludes halogenated alkanes) is 1. The Bertz CT molecular complexity index is 469. The number of aryl methyl sites for hydroxylation is 1. The third-order valence-corrected chi connectivity index (χ3v) is 4.26. The van der Waals surface area contributed by atoms with Crippen LogP contribution in [0.3, 0.4) is 0 Å². The number of alkyl halides is 3. The summed E-state index contributed by atoms with van der Waals surface area (Å²) < 4.78 is 49.6. The summed E-state index contributed by atoms with van der Waals surface area (Å²) in [7, 11) is 0. The van der Waals surface area contributed by atoms with E-state index in [4.69, 9.17) is 5.73 Å². The lowest BCUT2D eigenvalue weighted by atomic mass is 9.86. The first kappa shape index (κ1) is 18.3. The predicted octanol–water partition coefficient (Wildman–Crippen LogP) is 3.89. The average Bonchev–Trinajstić information content (AvgIpc) is 2.35. The fourth-order valence-electron chi connectivity index (χ4n) is 1.95. The second-order valence-electron chi connectivity index (χ2n) is 6.08. The van der Waals surface area contributed by atoms with Crippen molar-refractivity contribution < 1.29 is 17.7 Å². The monoisotopic (exact) mass is 321 g/mol. The van der Waals surface area contributed by atoms with Crippen molar-refractivity contribution in [1.82, 2.24) is 0 Å². The molecule has 1 aromatic carbocycles. The van der Waals surface area contributed by atoms with Gasteiger partial charge in [0.1, 0.15) is 0 Å². The van der Waals surface area contributed by atoms with Crippen LogP contribution in [0.25, 0.3) is 0 Å². The highest BCUT2D eigenvalue weighted by Gasteiger charge is 2.46. The third-order valence-electron chi connectivity index (χ3n) is 3.18. The zero-order valence-electron chi connectivity index (χ0n) is 12.6. The lowest BCUT2D eigenvalue weighted by Gasteiger charge is -2.22. The summed E-state index contributed by atoms with van der Waals surface area (Å²) in [5.41, 5.74) is 1.95. The van der Waals surface area contributed by atoms with Crippen LogP contribution >= 0.6 is 0 Å². The van der Waals surface area contributed by atoms with Crippen molar-refractivity contribution in [2.24, 2.45) is 5.73 Å². The van der Waals surface area contributed by atoms with Gasteiger partial charge >= 0.3 is 5.51 Å². The number of rotatable bonds is 5. The molecule has 0 aromatic heterocycles. The van der Waals surface area contributed by atoms with E-state index >= 15 is 0 Å². The molecular formula is C15H22F3NOS. The van der Waals surface area contributed by atoms with Crippen molar-refractivity contribution in [3.63, 3.8) is 0 Å². The van der Waals surface area contributed by atoms with Crippen molar-refractivity contribution in [2.75, 3.05) is 6.54 Å². The number of hydrogen-bond acceptors (Lipinski definition) is 2. The Morgan fingerprint density at radius 1 is 1.10 bits per heavy atom. The Labute approximate surface area is 127 Å². The summed E-state index contributed by atoms with van der Waals surface area (Å²) in [6.07, 6.45) is 2.27. The van der Waals surface area contributed by atoms with E-state index in [9.17, 15) is 17.7 Å². The first-order valence-corrected chi connectivity index (χ1v) is 8.04. The lowest BCUT2D eigenvalue weighted by Crippen LogP contribution is -2.24. The van der Waals surface area contributed by atoms with Gasteiger partial charge < -0.3 is 10.3 Å². The van der Waals surface area contributed by atoms with Gasteiger partial charge in [0.15, 0.2) is 4.90 Å². The van der Waals surface area contributed by atoms with Gasteiger partial charge in [0.05, 0.1) is 11.2 Å². The van der Waals surface area contributed by atoms with Gasteiger partial charge in [-0.1, -0.05) is 26.8 Å². The third kappa shape index (κ3) is 5.52. The normalized spacial score (nSPS) is 14.3. The molecule has 0 bridgehead atoms. The van der Waals surface area contributed by atoms with Crippen molar-refractivity contribution in [3.05, 3.63) is 29.3 Å². The van der Waals surface area contributed by atoms with E-state index in [2.05, 4.69) is 0 Å². The molecule has 0 aliphatic heterocycles. The van der Waals surface area contributed by atoms with Crippen LogP contribution in [0.4, 0.5) is 13.2 Å². The van der Waals surface area contributed by atoms with Crippen LogP contribution in [-0.4, -0.2) is 16.6 Å². The van der Waals surface area contributed by atoms with Gasteiger partial charge in [0.2, 0.25) is 0 Å². The molecule has 1 aromatic rings. The van der Waals surface area contributed by atoms with E-state index in [0.29, 0.717) is 13.0 Å².